The van der Waals surface area contributed by atoms with E-state index < -0.39 is 0 Å². The van der Waals surface area contributed by atoms with Gasteiger partial charge in [-0.3, -0.25) is 0 Å². The van der Waals surface area contributed by atoms with Crippen molar-refractivity contribution in [3.63, 3.8) is 0 Å². The minimum Gasteiger partial charge on any atom is -0.493 e. The normalized spacial score (nSPS) is 16.5. The van der Waals surface area contributed by atoms with Crippen molar-refractivity contribution in [2.75, 3.05) is 11.9 Å². The third kappa shape index (κ3) is 3.54. The molecule has 0 saturated heterocycles. The number of thiocarbonyl (C=S) groups is 1. The van der Waals surface area contributed by atoms with Crippen molar-refractivity contribution in [2.45, 2.75) is 12.5 Å². The average Bonchev–Trinajstić information content (AvgIpc) is 2.47. The summed E-state index contributed by atoms with van der Waals surface area (Å²) in [6.45, 7) is 0.703. The molecule has 1 aliphatic heterocycles. The molecule has 0 fully saturated rings. The lowest BCUT2D eigenvalue weighted by Gasteiger charge is -2.27. The maximum Gasteiger partial charge on any atom is 0.171 e. The van der Waals surface area contributed by atoms with Gasteiger partial charge in [-0.15, -0.1) is 0 Å². The molecule has 5 heteroatoms. The number of hydrogen-bond acceptors (Lipinski definition) is 2. The van der Waals surface area contributed by atoms with Crippen molar-refractivity contribution < 1.29 is 4.74 Å². The van der Waals surface area contributed by atoms with E-state index in [0.29, 0.717) is 11.7 Å². The summed E-state index contributed by atoms with van der Waals surface area (Å²) >= 11 is 8.86. The third-order valence-corrected chi connectivity index (χ3v) is 4.06. The molecule has 0 aromatic heterocycles. The fourth-order valence-corrected chi connectivity index (χ4v) is 3.04. The smallest absolute Gasteiger partial charge is 0.171 e. The van der Waals surface area contributed by atoms with Gasteiger partial charge in [0.2, 0.25) is 0 Å². The van der Waals surface area contributed by atoms with Gasteiger partial charge in [0.25, 0.3) is 0 Å². The molecular weight excluding hydrogens is 348 g/mol. The highest BCUT2D eigenvalue weighted by atomic mass is 79.9. The molecule has 0 saturated carbocycles. The fourth-order valence-electron chi connectivity index (χ4n) is 2.38. The van der Waals surface area contributed by atoms with Crippen molar-refractivity contribution in [3.8, 4) is 5.75 Å². The second-order valence-electron chi connectivity index (χ2n) is 4.84. The minimum absolute atomic E-state index is 0.183. The summed E-state index contributed by atoms with van der Waals surface area (Å²) in [6.07, 6.45) is 0.900. The number of rotatable bonds is 2. The zero-order valence-corrected chi connectivity index (χ0v) is 13.7. The largest absolute Gasteiger partial charge is 0.493 e. The van der Waals surface area contributed by atoms with E-state index in [4.69, 9.17) is 17.0 Å². The Bertz CT molecular complexity index is 662. The summed E-state index contributed by atoms with van der Waals surface area (Å²) in [5, 5.41) is 7.20. The highest BCUT2D eigenvalue weighted by Gasteiger charge is 2.21. The first-order valence-corrected chi connectivity index (χ1v) is 7.97. The minimum atomic E-state index is 0.183. The van der Waals surface area contributed by atoms with Gasteiger partial charge in [0.15, 0.2) is 5.11 Å². The Morgan fingerprint density at radius 1 is 1.19 bits per heavy atom. The van der Waals surface area contributed by atoms with E-state index in [1.54, 1.807) is 0 Å². The number of nitrogens with one attached hydrogen (secondary N) is 2. The van der Waals surface area contributed by atoms with E-state index in [9.17, 15) is 0 Å². The van der Waals surface area contributed by atoms with Crippen molar-refractivity contribution in [1.82, 2.24) is 5.32 Å². The summed E-state index contributed by atoms with van der Waals surface area (Å²) in [5.74, 6) is 0.937. The number of para-hydroxylation sites is 1. The van der Waals surface area contributed by atoms with Gasteiger partial charge in [-0.05, 0) is 36.5 Å². The van der Waals surface area contributed by atoms with Crippen LogP contribution in [0.2, 0.25) is 0 Å². The van der Waals surface area contributed by atoms with E-state index in [2.05, 4.69) is 32.6 Å². The van der Waals surface area contributed by atoms with Crippen LogP contribution in [-0.4, -0.2) is 11.7 Å². The molecule has 0 unspecified atom stereocenters. The molecule has 0 spiro atoms. The van der Waals surface area contributed by atoms with Crippen LogP contribution in [0.3, 0.4) is 0 Å². The lowest BCUT2D eigenvalue weighted by atomic mass is 10.0. The molecule has 21 heavy (non-hydrogen) atoms. The first-order valence-electron chi connectivity index (χ1n) is 6.77. The molecule has 108 valence electrons. The second-order valence-corrected chi connectivity index (χ2v) is 6.16. The number of benzene rings is 2. The number of halogens is 1. The first-order chi connectivity index (χ1) is 10.2. The van der Waals surface area contributed by atoms with Crippen LogP contribution in [0.15, 0.2) is 53.0 Å². The van der Waals surface area contributed by atoms with Crippen LogP contribution in [0.25, 0.3) is 0 Å². The fraction of sp³-hybridized carbons (Fsp3) is 0.188. The van der Waals surface area contributed by atoms with Crippen LogP contribution >= 0.6 is 28.1 Å². The number of ether oxygens (including phenoxy) is 1. The van der Waals surface area contributed by atoms with E-state index in [0.717, 1.165) is 27.9 Å². The van der Waals surface area contributed by atoms with Crippen LogP contribution < -0.4 is 15.4 Å². The molecule has 1 heterocycles. The summed E-state index contributed by atoms with van der Waals surface area (Å²) < 4.78 is 6.68. The second kappa shape index (κ2) is 6.45. The van der Waals surface area contributed by atoms with Crippen LogP contribution in [-0.2, 0) is 0 Å². The summed E-state index contributed by atoms with van der Waals surface area (Å²) in [5.41, 5.74) is 2.12. The highest BCUT2D eigenvalue weighted by molar-refractivity contribution is 9.10. The molecular formula is C16H15BrN2OS. The Kier molecular flexibility index (Phi) is 4.41. The maximum absolute atomic E-state index is 5.66. The van der Waals surface area contributed by atoms with Crippen molar-refractivity contribution in [1.29, 1.82) is 0 Å². The van der Waals surface area contributed by atoms with Crippen LogP contribution in [0, 0.1) is 0 Å². The van der Waals surface area contributed by atoms with E-state index in [1.165, 1.54) is 0 Å². The van der Waals surface area contributed by atoms with Gasteiger partial charge < -0.3 is 15.4 Å². The van der Waals surface area contributed by atoms with Crippen molar-refractivity contribution >= 4 is 38.9 Å². The van der Waals surface area contributed by atoms with E-state index >= 15 is 0 Å². The standard InChI is InChI=1S/C16H15BrN2OS/c17-11-4-3-5-12(10-11)18-16(21)19-14-8-9-20-15-7-2-1-6-13(14)15/h1-7,10,14H,8-9H2,(H2,18,19,21)/t14-/m1/s1. The Labute approximate surface area is 137 Å². The molecule has 1 aliphatic rings. The van der Waals surface area contributed by atoms with Gasteiger partial charge in [-0.2, -0.15) is 0 Å². The monoisotopic (exact) mass is 362 g/mol. The lowest BCUT2D eigenvalue weighted by Crippen LogP contribution is -2.35. The van der Waals surface area contributed by atoms with Gasteiger partial charge in [-0.1, -0.05) is 40.2 Å². The van der Waals surface area contributed by atoms with Gasteiger partial charge in [-0.25, -0.2) is 0 Å². The summed E-state index contributed by atoms with van der Waals surface area (Å²) in [6, 6.07) is 16.2. The Hall–Kier alpha value is -1.59. The van der Waals surface area contributed by atoms with Crippen LogP contribution in [0.1, 0.15) is 18.0 Å². The molecule has 0 aliphatic carbocycles. The van der Waals surface area contributed by atoms with Gasteiger partial charge in [0.1, 0.15) is 5.75 Å². The third-order valence-electron chi connectivity index (χ3n) is 3.35. The van der Waals surface area contributed by atoms with Crippen molar-refractivity contribution in [2.24, 2.45) is 0 Å². The highest BCUT2D eigenvalue weighted by Crippen LogP contribution is 2.31. The van der Waals surface area contributed by atoms with Gasteiger partial charge in [0, 0.05) is 22.1 Å². The summed E-state index contributed by atoms with van der Waals surface area (Å²) in [7, 11) is 0. The van der Waals surface area contributed by atoms with Crippen LogP contribution in [0.4, 0.5) is 5.69 Å². The summed E-state index contributed by atoms with van der Waals surface area (Å²) in [4.78, 5) is 0. The molecule has 3 rings (SSSR count). The topological polar surface area (TPSA) is 33.3 Å². The van der Waals surface area contributed by atoms with Crippen LogP contribution in [0.5, 0.6) is 5.75 Å². The number of anilines is 1. The molecule has 0 amide bonds. The molecule has 3 nitrogen and oxygen atoms in total. The molecule has 0 bridgehead atoms. The Morgan fingerprint density at radius 3 is 2.90 bits per heavy atom. The van der Waals surface area contributed by atoms with Gasteiger partial charge >= 0.3 is 0 Å². The predicted molar refractivity (Wildman–Crippen MR) is 92.8 cm³/mol. The Morgan fingerprint density at radius 2 is 2.05 bits per heavy atom. The lowest BCUT2D eigenvalue weighted by molar-refractivity contribution is 0.262. The number of fused-ring (bicyclic) bond motifs is 1. The predicted octanol–water partition coefficient (Wildman–Crippen LogP) is 4.26. The molecule has 2 aromatic rings. The van der Waals surface area contributed by atoms with Crippen molar-refractivity contribution in [3.05, 3.63) is 58.6 Å². The quantitative estimate of drug-likeness (QED) is 0.782. The Balaban J connectivity index is 1.68. The van der Waals surface area contributed by atoms with Gasteiger partial charge in [0.05, 0.1) is 12.6 Å². The molecule has 2 aromatic carbocycles. The molecule has 2 N–H and O–H groups in total. The SMILES string of the molecule is S=C(Nc1cccc(Br)c1)N[C@@H]1CCOc2ccccc21. The number of hydrogen-bond donors (Lipinski definition) is 2. The first kappa shape index (κ1) is 14.4. The van der Waals surface area contributed by atoms with E-state index in [1.807, 2.05) is 42.5 Å². The average molecular weight is 363 g/mol. The molecule has 1 atom stereocenters. The zero-order valence-electron chi connectivity index (χ0n) is 11.3. The maximum atomic E-state index is 5.66. The molecule has 0 radical (unpaired) electrons. The van der Waals surface area contributed by atoms with E-state index in [-0.39, 0.29) is 6.04 Å². The zero-order chi connectivity index (χ0) is 14.7.